The molecule has 0 radical (unpaired) electrons. The first-order chi connectivity index (χ1) is 8.80. The van der Waals surface area contributed by atoms with E-state index < -0.39 is 0 Å². The van der Waals surface area contributed by atoms with Crippen molar-refractivity contribution in [3.8, 4) is 5.75 Å². The summed E-state index contributed by atoms with van der Waals surface area (Å²) < 4.78 is 5.77. The number of carbonyl (C=O) groups is 1. The lowest BCUT2D eigenvalue weighted by molar-refractivity contribution is -0.105. The molecule has 1 unspecified atom stereocenters. The molecule has 100 valence electrons. The molecule has 1 rings (SSSR count). The minimum atomic E-state index is 0.637. The van der Waals surface area contributed by atoms with Crippen LogP contribution in [0.4, 0.5) is 5.69 Å². The summed E-state index contributed by atoms with van der Waals surface area (Å²) in [5.41, 5.74) is 0.787. The Labute approximate surface area is 110 Å². The molecule has 0 aliphatic rings. The Balaban J connectivity index is 2.39. The van der Waals surface area contributed by atoms with Crippen LogP contribution in [0.2, 0.25) is 0 Å². The van der Waals surface area contributed by atoms with Crippen LogP contribution in [0.3, 0.4) is 0 Å². The van der Waals surface area contributed by atoms with Crippen LogP contribution in [0.15, 0.2) is 24.3 Å². The molecule has 0 fully saturated rings. The fourth-order valence-corrected chi connectivity index (χ4v) is 1.83. The van der Waals surface area contributed by atoms with Gasteiger partial charge >= 0.3 is 0 Å². The highest BCUT2D eigenvalue weighted by atomic mass is 16.5. The predicted molar refractivity (Wildman–Crippen MR) is 74.9 cm³/mol. The van der Waals surface area contributed by atoms with E-state index in [4.69, 9.17) is 4.74 Å². The largest absolute Gasteiger partial charge is 0.493 e. The number of amides is 1. The number of unbranched alkanes of at least 4 members (excludes halogenated alkanes) is 1. The van der Waals surface area contributed by atoms with Crippen molar-refractivity contribution in [3.63, 3.8) is 0 Å². The van der Waals surface area contributed by atoms with Crippen LogP contribution in [0, 0.1) is 5.92 Å². The van der Waals surface area contributed by atoms with Crippen molar-refractivity contribution in [2.24, 2.45) is 5.92 Å². The van der Waals surface area contributed by atoms with Gasteiger partial charge in [-0.05, 0) is 36.6 Å². The molecule has 1 atom stereocenters. The Hall–Kier alpha value is -1.51. The fraction of sp³-hybridized carbons (Fsp3) is 0.533. The highest BCUT2D eigenvalue weighted by Crippen LogP contribution is 2.18. The molecule has 3 heteroatoms. The van der Waals surface area contributed by atoms with E-state index in [2.05, 4.69) is 19.2 Å². The number of ether oxygens (including phenoxy) is 1. The van der Waals surface area contributed by atoms with Crippen LogP contribution in [0.1, 0.15) is 39.5 Å². The topological polar surface area (TPSA) is 38.3 Å². The van der Waals surface area contributed by atoms with Gasteiger partial charge in [-0.1, -0.05) is 33.1 Å². The lowest BCUT2D eigenvalue weighted by Crippen LogP contribution is -2.11. The normalized spacial score (nSPS) is 11.9. The molecule has 18 heavy (non-hydrogen) atoms. The Kier molecular flexibility index (Phi) is 6.92. The lowest BCUT2D eigenvalue weighted by Gasteiger charge is -2.15. The maximum absolute atomic E-state index is 10.3. The standard InChI is InChI=1S/C15H23NO2/c1-3-5-6-13(4-2)11-18-15-9-7-14(8-10-15)16-12-17/h7-10,12-13H,3-6,11H2,1-2H3,(H,16,17). The van der Waals surface area contributed by atoms with Crippen LogP contribution in [0.5, 0.6) is 5.75 Å². The van der Waals surface area contributed by atoms with Gasteiger partial charge in [-0.2, -0.15) is 0 Å². The van der Waals surface area contributed by atoms with E-state index >= 15 is 0 Å². The lowest BCUT2D eigenvalue weighted by atomic mass is 10.0. The number of hydrogen-bond acceptors (Lipinski definition) is 2. The third kappa shape index (κ3) is 5.21. The van der Waals surface area contributed by atoms with Crippen LogP contribution in [-0.4, -0.2) is 13.0 Å². The Bertz CT molecular complexity index is 335. The molecule has 0 saturated heterocycles. The first-order valence-corrected chi connectivity index (χ1v) is 6.73. The van der Waals surface area contributed by atoms with E-state index in [-0.39, 0.29) is 0 Å². The molecule has 1 aromatic rings. The summed E-state index contributed by atoms with van der Waals surface area (Å²) in [4.78, 5) is 10.3. The van der Waals surface area contributed by atoms with E-state index in [0.717, 1.165) is 24.5 Å². The van der Waals surface area contributed by atoms with Crippen molar-refractivity contribution in [1.82, 2.24) is 0 Å². The molecule has 0 heterocycles. The van der Waals surface area contributed by atoms with Crippen molar-refractivity contribution in [3.05, 3.63) is 24.3 Å². The third-order valence-electron chi connectivity index (χ3n) is 3.11. The second-order valence-electron chi connectivity index (χ2n) is 4.51. The van der Waals surface area contributed by atoms with Crippen molar-refractivity contribution >= 4 is 12.1 Å². The highest BCUT2D eigenvalue weighted by molar-refractivity contribution is 5.71. The van der Waals surface area contributed by atoms with E-state index in [0.29, 0.717) is 12.3 Å². The molecular weight excluding hydrogens is 226 g/mol. The van der Waals surface area contributed by atoms with Gasteiger partial charge in [0.15, 0.2) is 0 Å². The summed E-state index contributed by atoms with van der Waals surface area (Å²) in [5, 5.41) is 2.60. The molecule has 1 aromatic carbocycles. The first-order valence-electron chi connectivity index (χ1n) is 6.73. The zero-order valence-electron chi connectivity index (χ0n) is 11.3. The number of carbonyl (C=O) groups excluding carboxylic acids is 1. The molecule has 1 N–H and O–H groups in total. The van der Waals surface area contributed by atoms with E-state index in [1.54, 1.807) is 0 Å². The third-order valence-corrected chi connectivity index (χ3v) is 3.11. The van der Waals surface area contributed by atoms with Crippen molar-refractivity contribution in [2.75, 3.05) is 11.9 Å². The van der Waals surface area contributed by atoms with Gasteiger partial charge < -0.3 is 10.1 Å². The van der Waals surface area contributed by atoms with Crippen molar-refractivity contribution in [2.45, 2.75) is 39.5 Å². The molecule has 0 aliphatic carbocycles. The van der Waals surface area contributed by atoms with Gasteiger partial charge in [-0.15, -0.1) is 0 Å². The minimum absolute atomic E-state index is 0.637. The van der Waals surface area contributed by atoms with E-state index in [9.17, 15) is 4.79 Å². The Morgan fingerprint density at radius 2 is 2.00 bits per heavy atom. The van der Waals surface area contributed by atoms with Gasteiger partial charge in [0.25, 0.3) is 0 Å². The van der Waals surface area contributed by atoms with Gasteiger partial charge in [-0.25, -0.2) is 0 Å². The fourth-order valence-electron chi connectivity index (χ4n) is 1.83. The monoisotopic (exact) mass is 249 g/mol. The Morgan fingerprint density at radius 3 is 2.56 bits per heavy atom. The number of anilines is 1. The van der Waals surface area contributed by atoms with E-state index in [1.807, 2.05) is 24.3 Å². The van der Waals surface area contributed by atoms with Crippen molar-refractivity contribution < 1.29 is 9.53 Å². The molecule has 0 aliphatic heterocycles. The number of nitrogens with one attached hydrogen (secondary N) is 1. The van der Waals surface area contributed by atoms with Gasteiger partial charge in [-0.3, -0.25) is 4.79 Å². The molecular formula is C15H23NO2. The van der Waals surface area contributed by atoms with Crippen LogP contribution < -0.4 is 10.1 Å². The summed E-state index contributed by atoms with van der Waals surface area (Å²) >= 11 is 0. The van der Waals surface area contributed by atoms with Gasteiger partial charge in [0.05, 0.1) is 6.61 Å². The maximum atomic E-state index is 10.3. The summed E-state index contributed by atoms with van der Waals surface area (Å²) in [6.07, 6.45) is 5.57. The molecule has 0 saturated carbocycles. The highest BCUT2D eigenvalue weighted by Gasteiger charge is 2.06. The molecule has 3 nitrogen and oxygen atoms in total. The number of rotatable bonds is 9. The average molecular weight is 249 g/mol. The van der Waals surface area contributed by atoms with Gasteiger partial charge in [0.2, 0.25) is 6.41 Å². The van der Waals surface area contributed by atoms with Crippen LogP contribution >= 0.6 is 0 Å². The number of benzene rings is 1. The first kappa shape index (κ1) is 14.6. The van der Waals surface area contributed by atoms with Gasteiger partial charge in [0.1, 0.15) is 5.75 Å². The number of hydrogen-bond donors (Lipinski definition) is 1. The zero-order valence-corrected chi connectivity index (χ0v) is 11.3. The van der Waals surface area contributed by atoms with E-state index in [1.165, 1.54) is 19.3 Å². The quantitative estimate of drug-likeness (QED) is 0.675. The summed E-state index contributed by atoms with van der Waals surface area (Å²) in [7, 11) is 0. The molecule has 0 spiro atoms. The van der Waals surface area contributed by atoms with Gasteiger partial charge in [0, 0.05) is 5.69 Å². The van der Waals surface area contributed by atoms with Crippen LogP contribution in [0.25, 0.3) is 0 Å². The molecule has 0 bridgehead atoms. The maximum Gasteiger partial charge on any atom is 0.211 e. The average Bonchev–Trinajstić information content (AvgIpc) is 2.41. The Morgan fingerprint density at radius 1 is 1.28 bits per heavy atom. The zero-order chi connectivity index (χ0) is 13.2. The van der Waals surface area contributed by atoms with Crippen LogP contribution in [-0.2, 0) is 4.79 Å². The second kappa shape index (κ2) is 8.56. The predicted octanol–water partition coefficient (Wildman–Crippen LogP) is 3.85. The molecule has 1 amide bonds. The summed E-state index contributed by atoms with van der Waals surface area (Å²) in [6, 6.07) is 7.46. The molecule has 0 aromatic heterocycles. The SMILES string of the molecule is CCCCC(CC)COc1ccc(NC=O)cc1. The summed E-state index contributed by atoms with van der Waals surface area (Å²) in [6.45, 7) is 5.20. The smallest absolute Gasteiger partial charge is 0.211 e. The minimum Gasteiger partial charge on any atom is -0.493 e. The second-order valence-corrected chi connectivity index (χ2v) is 4.51. The summed E-state index contributed by atoms with van der Waals surface area (Å²) in [5.74, 6) is 1.50. The van der Waals surface area contributed by atoms with Crippen molar-refractivity contribution in [1.29, 1.82) is 0 Å².